The number of benzene rings is 1. The number of aromatic nitrogens is 2. The number of H-pyrrole nitrogens is 1. The van der Waals surface area contributed by atoms with Gasteiger partial charge in [-0.2, -0.15) is 5.10 Å². The second-order valence-electron chi connectivity index (χ2n) is 6.58. The Kier molecular flexibility index (Phi) is 5.08. The summed E-state index contributed by atoms with van der Waals surface area (Å²) in [5.74, 6) is 0.696. The highest BCUT2D eigenvalue weighted by Gasteiger charge is 2.29. The van der Waals surface area contributed by atoms with Crippen molar-refractivity contribution in [1.82, 2.24) is 15.5 Å². The molecule has 3 rings (SSSR count). The summed E-state index contributed by atoms with van der Waals surface area (Å²) in [5, 5.41) is 10.1. The minimum Gasteiger partial charge on any atom is -0.496 e. The van der Waals surface area contributed by atoms with Crippen LogP contribution in [0.5, 0.6) is 5.75 Å². The standard InChI is InChI=1S/C19H25N3O3/c1-11-5-6-16(24-4)14(9-11)7-8-20-19(23)18-15-10-12(2)25-13(3)17(15)21-22-18/h5-6,9,12-13H,7-8,10H2,1-4H3,(H,20,23)(H,21,22)/t12-,13+/m0/s1. The van der Waals surface area contributed by atoms with Gasteiger partial charge in [0.1, 0.15) is 5.75 Å². The van der Waals surface area contributed by atoms with Crippen molar-refractivity contribution in [3.05, 3.63) is 46.3 Å². The molecule has 0 saturated carbocycles. The first-order valence-corrected chi connectivity index (χ1v) is 8.64. The Morgan fingerprint density at radius 1 is 1.44 bits per heavy atom. The van der Waals surface area contributed by atoms with Crippen LogP contribution in [0.1, 0.15) is 52.8 Å². The molecule has 2 aromatic rings. The maximum absolute atomic E-state index is 12.5. The van der Waals surface area contributed by atoms with Crippen molar-refractivity contribution in [2.45, 2.75) is 45.8 Å². The van der Waals surface area contributed by atoms with Crippen LogP contribution < -0.4 is 10.1 Å². The zero-order chi connectivity index (χ0) is 18.0. The van der Waals surface area contributed by atoms with E-state index >= 15 is 0 Å². The molecular weight excluding hydrogens is 318 g/mol. The molecule has 0 spiro atoms. The number of carbonyl (C=O) groups excluding carboxylic acids is 1. The average Bonchev–Trinajstić information content (AvgIpc) is 2.99. The Balaban J connectivity index is 1.65. The van der Waals surface area contributed by atoms with Crippen LogP contribution in [-0.2, 0) is 17.6 Å². The zero-order valence-electron chi connectivity index (χ0n) is 15.2. The third kappa shape index (κ3) is 3.69. The molecule has 1 aromatic heterocycles. The topological polar surface area (TPSA) is 76.2 Å². The highest BCUT2D eigenvalue weighted by atomic mass is 16.5. The first-order chi connectivity index (χ1) is 12.0. The maximum atomic E-state index is 12.5. The van der Waals surface area contributed by atoms with Gasteiger partial charge >= 0.3 is 0 Å². The molecule has 0 unspecified atom stereocenters. The van der Waals surface area contributed by atoms with Crippen molar-refractivity contribution in [3.8, 4) is 5.75 Å². The van der Waals surface area contributed by atoms with E-state index in [4.69, 9.17) is 9.47 Å². The smallest absolute Gasteiger partial charge is 0.272 e. The lowest BCUT2D eigenvalue weighted by molar-refractivity contribution is -0.00697. The van der Waals surface area contributed by atoms with Gasteiger partial charge in [-0.25, -0.2) is 0 Å². The summed E-state index contributed by atoms with van der Waals surface area (Å²) >= 11 is 0. The van der Waals surface area contributed by atoms with Gasteiger partial charge in [0, 0.05) is 18.5 Å². The molecule has 6 nitrogen and oxygen atoms in total. The van der Waals surface area contributed by atoms with E-state index in [-0.39, 0.29) is 18.1 Å². The van der Waals surface area contributed by atoms with E-state index in [9.17, 15) is 4.79 Å². The second-order valence-corrected chi connectivity index (χ2v) is 6.58. The molecule has 0 saturated heterocycles. The summed E-state index contributed by atoms with van der Waals surface area (Å²) in [5.41, 5.74) is 4.61. The zero-order valence-corrected chi connectivity index (χ0v) is 15.2. The molecule has 1 aliphatic heterocycles. The molecule has 0 fully saturated rings. The van der Waals surface area contributed by atoms with E-state index in [1.807, 2.05) is 32.9 Å². The van der Waals surface area contributed by atoms with Gasteiger partial charge < -0.3 is 14.8 Å². The van der Waals surface area contributed by atoms with Crippen LogP contribution in [0.25, 0.3) is 0 Å². The van der Waals surface area contributed by atoms with Crippen molar-refractivity contribution in [2.24, 2.45) is 0 Å². The number of rotatable bonds is 5. The molecular formula is C19H25N3O3. The normalized spacial score (nSPS) is 19.4. The van der Waals surface area contributed by atoms with Gasteiger partial charge in [0.25, 0.3) is 5.91 Å². The van der Waals surface area contributed by atoms with Crippen LogP contribution >= 0.6 is 0 Å². The number of fused-ring (bicyclic) bond motifs is 1. The summed E-state index contributed by atoms with van der Waals surface area (Å²) in [7, 11) is 1.66. The number of nitrogens with one attached hydrogen (secondary N) is 2. The molecule has 134 valence electrons. The van der Waals surface area contributed by atoms with E-state index in [2.05, 4.69) is 21.6 Å². The van der Waals surface area contributed by atoms with Crippen molar-refractivity contribution in [3.63, 3.8) is 0 Å². The van der Waals surface area contributed by atoms with Gasteiger partial charge in [-0.3, -0.25) is 9.89 Å². The molecule has 1 amide bonds. The number of nitrogens with zero attached hydrogens (tertiary/aromatic N) is 1. The highest BCUT2D eigenvalue weighted by molar-refractivity contribution is 5.94. The van der Waals surface area contributed by atoms with Crippen molar-refractivity contribution in [1.29, 1.82) is 0 Å². The van der Waals surface area contributed by atoms with E-state index in [1.165, 1.54) is 5.56 Å². The average molecular weight is 343 g/mol. The molecule has 0 radical (unpaired) electrons. The highest BCUT2D eigenvalue weighted by Crippen LogP contribution is 2.30. The predicted molar refractivity (Wildman–Crippen MR) is 95.0 cm³/mol. The quantitative estimate of drug-likeness (QED) is 0.875. The molecule has 1 aromatic carbocycles. The van der Waals surface area contributed by atoms with Gasteiger partial charge in [-0.1, -0.05) is 17.7 Å². The number of amides is 1. The SMILES string of the molecule is COc1ccc(C)cc1CCNC(=O)c1n[nH]c2c1C[C@H](C)O[C@@H]2C. The van der Waals surface area contributed by atoms with Crippen LogP contribution in [0, 0.1) is 6.92 Å². The summed E-state index contributed by atoms with van der Waals surface area (Å²) < 4.78 is 11.1. The molecule has 1 aliphatic rings. The number of carbonyl (C=O) groups is 1. The largest absolute Gasteiger partial charge is 0.496 e. The Bertz CT molecular complexity index is 769. The Labute approximate surface area is 147 Å². The first-order valence-electron chi connectivity index (χ1n) is 8.64. The third-order valence-electron chi connectivity index (χ3n) is 4.56. The fraction of sp³-hybridized carbons (Fsp3) is 0.474. The van der Waals surface area contributed by atoms with Crippen LogP contribution in [0.2, 0.25) is 0 Å². The summed E-state index contributed by atoms with van der Waals surface area (Å²) in [6, 6.07) is 6.06. The van der Waals surface area contributed by atoms with Crippen LogP contribution in [0.3, 0.4) is 0 Å². The summed E-state index contributed by atoms with van der Waals surface area (Å²) in [4.78, 5) is 12.5. The summed E-state index contributed by atoms with van der Waals surface area (Å²) in [6.07, 6.45) is 1.43. The minimum atomic E-state index is -0.148. The molecule has 6 heteroatoms. The predicted octanol–water partition coefficient (Wildman–Crippen LogP) is 2.72. The van der Waals surface area contributed by atoms with Gasteiger partial charge in [0.2, 0.25) is 0 Å². The maximum Gasteiger partial charge on any atom is 0.272 e. The van der Waals surface area contributed by atoms with E-state index in [0.717, 1.165) is 22.6 Å². The molecule has 2 atom stereocenters. The lowest BCUT2D eigenvalue weighted by Gasteiger charge is -2.25. The number of hydrogen-bond donors (Lipinski definition) is 2. The monoisotopic (exact) mass is 343 g/mol. The van der Waals surface area contributed by atoms with E-state index < -0.39 is 0 Å². The number of methoxy groups -OCH3 is 1. The first kappa shape index (κ1) is 17.5. The Hall–Kier alpha value is -2.34. The molecule has 2 heterocycles. The van der Waals surface area contributed by atoms with Crippen molar-refractivity contribution < 1.29 is 14.3 Å². The van der Waals surface area contributed by atoms with Gasteiger partial charge in [-0.05, 0) is 38.8 Å². The van der Waals surface area contributed by atoms with Gasteiger partial charge in [0.05, 0.1) is 25.0 Å². The number of aromatic amines is 1. The lowest BCUT2D eigenvalue weighted by atomic mass is 9.99. The fourth-order valence-electron chi connectivity index (χ4n) is 3.36. The van der Waals surface area contributed by atoms with Crippen LogP contribution in [-0.4, -0.2) is 35.9 Å². The fourth-order valence-corrected chi connectivity index (χ4v) is 3.36. The molecule has 0 bridgehead atoms. The van der Waals surface area contributed by atoms with Gasteiger partial charge in [-0.15, -0.1) is 0 Å². The molecule has 2 N–H and O–H groups in total. The van der Waals surface area contributed by atoms with Crippen LogP contribution in [0.4, 0.5) is 0 Å². The minimum absolute atomic E-state index is 0.0654. The summed E-state index contributed by atoms with van der Waals surface area (Å²) in [6.45, 7) is 6.56. The lowest BCUT2D eigenvalue weighted by Crippen LogP contribution is -2.29. The third-order valence-corrected chi connectivity index (χ3v) is 4.56. The Morgan fingerprint density at radius 2 is 2.24 bits per heavy atom. The number of hydrogen-bond acceptors (Lipinski definition) is 4. The molecule has 25 heavy (non-hydrogen) atoms. The van der Waals surface area contributed by atoms with Crippen molar-refractivity contribution >= 4 is 5.91 Å². The van der Waals surface area contributed by atoms with E-state index in [1.54, 1.807) is 7.11 Å². The van der Waals surface area contributed by atoms with Gasteiger partial charge in [0.15, 0.2) is 5.69 Å². The second kappa shape index (κ2) is 7.27. The number of ether oxygens (including phenoxy) is 2. The van der Waals surface area contributed by atoms with Crippen molar-refractivity contribution in [2.75, 3.05) is 13.7 Å². The molecule has 0 aliphatic carbocycles. The van der Waals surface area contributed by atoms with Crippen LogP contribution in [0.15, 0.2) is 18.2 Å². The Morgan fingerprint density at radius 3 is 3.00 bits per heavy atom. The van der Waals surface area contributed by atoms with E-state index in [0.29, 0.717) is 25.1 Å². The number of aryl methyl sites for hydroxylation is 1.